The summed E-state index contributed by atoms with van der Waals surface area (Å²) in [5, 5.41) is 3.40. The third-order valence-corrected chi connectivity index (χ3v) is 6.89. The van der Waals surface area contributed by atoms with E-state index in [-0.39, 0.29) is 17.6 Å². The number of thiophene rings is 1. The van der Waals surface area contributed by atoms with Gasteiger partial charge in [0.15, 0.2) is 0 Å². The number of hydrogen-bond donors (Lipinski definition) is 1. The first-order valence-electron chi connectivity index (χ1n) is 6.60. The van der Waals surface area contributed by atoms with Crippen LogP contribution in [0.25, 0.3) is 0 Å². The summed E-state index contributed by atoms with van der Waals surface area (Å²) in [7, 11) is -3.49. The first-order chi connectivity index (χ1) is 9.04. The molecule has 1 N–H and O–H groups in total. The molecule has 1 aromatic rings. The van der Waals surface area contributed by atoms with E-state index in [0.717, 1.165) is 31.2 Å². The van der Waals surface area contributed by atoms with Crippen LogP contribution < -0.4 is 4.72 Å². The smallest absolute Gasteiger partial charge is 0.238 e. The summed E-state index contributed by atoms with van der Waals surface area (Å²) < 4.78 is 26.7. The average Bonchev–Trinajstić information content (AvgIpc) is 3.03. The van der Waals surface area contributed by atoms with E-state index in [4.69, 9.17) is 0 Å². The Balaban J connectivity index is 1.63. The maximum absolute atomic E-state index is 12.2. The highest BCUT2D eigenvalue weighted by Crippen LogP contribution is 2.47. The summed E-state index contributed by atoms with van der Waals surface area (Å²) in [5.41, 5.74) is 0.866. The van der Waals surface area contributed by atoms with Crippen molar-refractivity contribution in [3.63, 3.8) is 0 Å². The molecule has 2 saturated carbocycles. The third-order valence-electron chi connectivity index (χ3n) is 4.27. The van der Waals surface area contributed by atoms with Gasteiger partial charge < -0.3 is 0 Å². The molecule has 1 amide bonds. The molecule has 1 aromatic heterocycles. The molecule has 0 saturated heterocycles. The average molecular weight is 299 g/mol. The topological polar surface area (TPSA) is 63.2 Å². The molecule has 2 bridgehead atoms. The van der Waals surface area contributed by atoms with Gasteiger partial charge in [-0.2, -0.15) is 11.3 Å². The van der Waals surface area contributed by atoms with Gasteiger partial charge in [-0.3, -0.25) is 9.52 Å². The van der Waals surface area contributed by atoms with Gasteiger partial charge in [-0.05, 0) is 53.5 Å². The van der Waals surface area contributed by atoms with E-state index in [9.17, 15) is 13.2 Å². The number of nitrogens with one attached hydrogen (secondary N) is 1. The Hall–Kier alpha value is -0.880. The zero-order chi connectivity index (χ0) is 13.5. The first-order valence-corrected chi connectivity index (χ1v) is 9.09. The third kappa shape index (κ3) is 2.69. The minimum Gasteiger partial charge on any atom is -0.274 e. The minimum absolute atomic E-state index is 0.142. The lowest BCUT2D eigenvalue weighted by Gasteiger charge is -2.21. The van der Waals surface area contributed by atoms with Crippen molar-refractivity contribution in [3.05, 3.63) is 22.4 Å². The van der Waals surface area contributed by atoms with Gasteiger partial charge in [-0.1, -0.05) is 6.42 Å². The van der Waals surface area contributed by atoms with Crippen LogP contribution in [0.2, 0.25) is 0 Å². The van der Waals surface area contributed by atoms with Gasteiger partial charge in [0.25, 0.3) is 0 Å². The quantitative estimate of drug-likeness (QED) is 0.924. The SMILES string of the molecule is O=C(Cc1ccsc1)NS(=O)(=O)C1C[C@@H]2CC[C@H]1C2. The number of rotatable bonds is 4. The molecule has 19 heavy (non-hydrogen) atoms. The van der Waals surface area contributed by atoms with Crippen molar-refractivity contribution in [3.8, 4) is 0 Å². The monoisotopic (exact) mass is 299 g/mol. The second-order valence-electron chi connectivity index (χ2n) is 5.59. The molecule has 1 unspecified atom stereocenters. The van der Waals surface area contributed by atoms with Crippen molar-refractivity contribution in [1.29, 1.82) is 0 Å². The van der Waals surface area contributed by atoms with Gasteiger partial charge in [0.1, 0.15) is 0 Å². The molecule has 2 fully saturated rings. The van der Waals surface area contributed by atoms with Crippen LogP contribution in [0.1, 0.15) is 31.2 Å². The molecule has 3 atom stereocenters. The molecule has 0 aliphatic heterocycles. The second kappa shape index (κ2) is 4.90. The van der Waals surface area contributed by atoms with E-state index in [2.05, 4.69) is 4.72 Å². The summed E-state index contributed by atoms with van der Waals surface area (Å²) in [6.45, 7) is 0. The second-order valence-corrected chi connectivity index (χ2v) is 8.27. The molecule has 0 spiro atoms. The number of fused-ring (bicyclic) bond motifs is 2. The van der Waals surface area contributed by atoms with Crippen molar-refractivity contribution < 1.29 is 13.2 Å². The highest BCUT2D eigenvalue weighted by molar-refractivity contribution is 7.90. The summed E-state index contributed by atoms with van der Waals surface area (Å²) in [6.07, 6.45) is 4.04. The predicted octanol–water partition coefficient (Wildman–Crippen LogP) is 1.93. The van der Waals surface area contributed by atoms with Crippen LogP contribution >= 0.6 is 11.3 Å². The van der Waals surface area contributed by atoms with E-state index >= 15 is 0 Å². The Morgan fingerprint density at radius 1 is 1.37 bits per heavy atom. The molecule has 4 nitrogen and oxygen atoms in total. The van der Waals surface area contributed by atoms with Crippen LogP contribution in [0.15, 0.2) is 16.8 Å². The van der Waals surface area contributed by atoms with Crippen molar-refractivity contribution in [2.24, 2.45) is 11.8 Å². The highest BCUT2D eigenvalue weighted by atomic mass is 32.2. The molecule has 6 heteroatoms. The molecule has 2 aliphatic rings. The van der Waals surface area contributed by atoms with E-state index in [0.29, 0.717) is 5.92 Å². The van der Waals surface area contributed by atoms with E-state index < -0.39 is 15.9 Å². The zero-order valence-corrected chi connectivity index (χ0v) is 12.2. The maximum Gasteiger partial charge on any atom is 0.238 e. The van der Waals surface area contributed by atoms with Gasteiger partial charge in [0.2, 0.25) is 15.9 Å². The Labute approximate surface area is 117 Å². The number of carbonyl (C=O) groups is 1. The molecule has 2 aliphatic carbocycles. The van der Waals surface area contributed by atoms with Crippen molar-refractivity contribution in [1.82, 2.24) is 4.72 Å². The Kier molecular flexibility index (Phi) is 3.39. The van der Waals surface area contributed by atoms with Crippen molar-refractivity contribution in [2.75, 3.05) is 0 Å². The Morgan fingerprint density at radius 2 is 2.21 bits per heavy atom. The maximum atomic E-state index is 12.2. The van der Waals surface area contributed by atoms with Crippen molar-refractivity contribution in [2.45, 2.75) is 37.4 Å². The van der Waals surface area contributed by atoms with Crippen molar-refractivity contribution >= 4 is 27.3 Å². The Morgan fingerprint density at radius 3 is 2.79 bits per heavy atom. The van der Waals surface area contributed by atoms with E-state index in [1.165, 1.54) is 11.3 Å². The Bertz CT molecular complexity index is 565. The lowest BCUT2D eigenvalue weighted by atomic mass is 10.0. The molecule has 0 radical (unpaired) electrons. The fourth-order valence-corrected chi connectivity index (χ4v) is 5.90. The highest BCUT2D eigenvalue weighted by Gasteiger charge is 2.46. The number of hydrogen-bond acceptors (Lipinski definition) is 4. The zero-order valence-electron chi connectivity index (χ0n) is 10.5. The fourth-order valence-electron chi connectivity index (χ4n) is 3.42. The summed E-state index contributed by atoms with van der Waals surface area (Å²) in [5.74, 6) is 0.399. The van der Waals surface area contributed by atoms with Crippen LogP contribution in [0.5, 0.6) is 0 Å². The first kappa shape index (κ1) is 13.1. The lowest BCUT2D eigenvalue weighted by molar-refractivity contribution is -0.118. The van der Waals surface area contributed by atoms with E-state index in [1.807, 2.05) is 16.8 Å². The van der Waals surface area contributed by atoms with Crippen LogP contribution in [0.3, 0.4) is 0 Å². The normalized spacial score (nSPS) is 29.6. The molecule has 0 aromatic carbocycles. The summed E-state index contributed by atoms with van der Waals surface area (Å²) in [4.78, 5) is 11.8. The minimum atomic E-state index is -3.49. The van der Waals surface area contributed by atoms with Gasteiger partial charge in [0.05, 0.1) is 11.7 Å². The summed E-state index contributed by atoms with van der Waals surface area (Å²) in [6, 6.07) is 1.84. The molecular formula is C13H17NO3S2. The fraction of sp³-hybridized carbons (Fsp3) is 0.615. The molecule has 3 rings (SSSR count). The summed E-state index contributed by atoms with van der Waals surface area (Å²) >= 11 is 1.51. The van der Waals surface area contributed by atoms with Gasteiger partial charge in [-0.15, -0.1) is 0 Å². The molecule has 1 heterocycles. The lowest BCUT2D eigenvalue weighted by Crippen LogP contribution is -2.41. The number of sulfonamides is 1. The van der Waals surface area contributed by atoms with E-state index in [1.54, 1.807) is 0 Å². The predicted molar refractivity (Wildman–Crippen MR) is 74.3 cm³/mol. The molecule has 104 valence electrons. The number of amides is 1. The number of carbonyl (C=O) groups excluding carboxylic acids is 1. The molecular weight excluding hydrogens is 282 g/mol. The van der Waals surface area contributed by atoms with Crippen LogP contribution in [-0.2, 0) is 21.2 Å². The van der Waals surface area contributed by atoms with Gasteiger partial charge >= 0.3 is 0 Å². The van der Waals surface area contributed by atoms with Gasteiger partial charge in [-0.25, -0.2) is 8.42 Å². The van der Waals surface area contributed by atoms with Gasteiger partial charge in [0, 0.05) is 0 Å². The van der Waals surface area contributed by atoms with Crippen LogP contribution in [0, 0.1) is 11.8 Å². The standard InChI is InChI=1S/C13H17NO3S2/c15-13(7-10-3-4-18-8-10)14-19(16,17)12-6-9-1-2-11(12)5-9/h3-4,8-9,11-12H,1-2,5-7H2,(H,14,15)/t9-,11+,12?/m1/s1. The largest absolute Gasteiger partial charge is 0.274 e. The van der Waals surface area contributed by atoms with Crippen LogP contribution in [-0.4, -0.2) is 19.6 Å². The van der Waals surface area contributed by atoms with Crippen LogP contribution in [0.4, 0.5) is 0 Å².